The van der Waals surface area contributed by atoms with E-state index in [-0.39, 0.29) is 37.1 Å². The van der Waals surface area contributed by atoms with E-state index in [9.17, 15) is 4.79 Å². The molecule has 1 atom stereocenters. The molecule has 0 aliphatic carbocycles. The van der Waals surface area contributed by atoms with Gasteiger partial charge in [-0.15, -0.1) is 0 Å². The number of morpholine rings is 1. The third-order valence-corrected chi connectivity index (χ3v) is 4.77. The summed E-state index contributed by atoms with van der Waals surface area (Å²) in [4.78, 5) is 16.7. The van der Waals surface area contributed by atoms with Gasteiger partial charge in [-0.2, -0.15) is 13.5 Å². The van der Waals surface area contributed by atoms with Gasteiger partial charge in [0, 0.05) is 25.7 Å². The van der Waals surface area contributed by atoms with Gasteiger partial charge in [0.15, 0.2) is 0 Å². The van der Waals surface area contributed by atoms with Crippen molar-refractivity contribution in [1.29, 1.82) is 0 Å². The zero-order chi connectivity index (χ0) is 16.3. The minimum absolute atomic E-state index is 0. The summed E-state index contributed by atoms with van der Waals surface area (Å²) in [6.45, 7) is 14.8. The van der Waals surface area contributed by atoms with Crippen molar-refractivity contribution in [3.05, 3.63) is 0 Å². The average Bonchev–Trinajstić information content (AvgIpc) is 2.45. The Balaban J connectivity index is 0.00000264. The summed E-state index contributed by atoms with van der Waals surface area (Å²) in [5.41, 5.74) is -0.146. The van der Waals surface area contributed by atoms with E-state index in [1.54, 1.807) is 0 Å². The Hall–Kier alpha value is -0.300. The van der Waals surface area contributed by atoms with Gasteiger partial charge in [0.25, 0.3) is 5.91 Å². The Bertz CT molecular complexity index is 382. The van der Waals surface area contributed by atoms with Gasteiger partial charge in [-0.3, -0.25) is 4.79 Å². The molecule has 6 heteroatoms. The lowest BCUT2D eigenvalue weighted by Crippen LogP contribution is -2.62. The van der Waals surface area contributed by atoms with Crippen LogP contribution in [0.1, 0.15) is 47.5 Å². The zero-order valence-corrected chi connectivity index (χ0v) is 16.3. The zero-order valence-electron chi connectivity index (χ0n) is 15.3. The predicted octanol–water partition coefficient (Wildman–Crippen LogP) is 2.01. The molecule has 2 rings (SSSR count). The first-order chi connectivity index (χ1) is 10.3. The van der Waals surface area contributed by atoms with Crippen molar-refractivity contribution in [2.75, 3.05) is 32.8 Å². The monoisotopic (exact) mass is 346 g/mol. The number of rotatable bonds is 5. The summed E-state index contributed by atoms with van der Waals surface area (Å²) >= 11 is 0. The topological polar surface area (TPSA) is 42.0 Å². The van der Waals surface area contributed by atoms with Crippen LogP contribution in [-0.2, 0) is 14.3 Å². The van der Waals surface area contributed by atoms with Gasteiger partial charge in [0.05, 0.1) is 24.9 Å². The Kier molecular flexibility index (Phi) is 7.84. The molecular formula is C17H34N2O3S. The van der Waals surface area contributed by atoms with Crippen LogP contribution in [0.4, 0.5) is 0 Å². The molecule has 1 spiro atoms. The quantitative estimate of drug-likeness (QED) is 0.764. The van der Waals surface area contributed by atoms with Crippen molar-refractivity contribution in [3.63, 3.8) is 0 Å². The molecule has 2 fully saturated rings. The number of hydrogen-bond acceptors (Lipinski definition) is 4. The third kappa shape index (κ3) is 5.34. The van der Waals surface area contributed by atoms with E-state index in [0.717, 1.165) is 45.6 Å². The molecule has 0 unspecified atom stereocenters. The van der Waals surface area contributed by atoms with Crippen LogP contribution in [0.2, 0.25) is 0 Å². The molecule has 5 nitrogen and oxygen atoms in total. The van der Waals surface area contributed by atoms with E-state index in [1.165, 1.54) is 0 Å². The van der Waals surface area contributed by atoms with E-state index in [0.29, 0.717) is 6.10 Å². The molecule has 0 radical (unpaired) electrons. The molecular weight excluding hydrogens is 312 g/mol. The fourth-order valence-electron chi connectivity index (χ4n) is 3.40. The minimum atomic E-state index is -0.313. The maximum Gasteiger partial charge on any atom is 0.251 e. The molecule has 1 amide bonds. The van der Waals surface area contributed by atoms with E-state index in [2.05, 4.69) is 32.6 Å². The second kappa shape index (κ2) is 8.70. The van der Waals surface area contributed by atoms with E-state index in [1.807, 2.05) is 11.8 Å². The number of likely N-dealkylation sites (tertiary alicyclic amines) is 1. The van der Waals surface area contributed by atoms with Crippen LogP contribution in [0.3, 0.4) is 0 Å². The molecule has 2 heterocycles. The van der Waals surface area contributed by atoms with Gasteiger partial charge in [0.2, 0.25) is 0 Å². The highest BCUT2D eigenvalue weighted by Crippen LogP contribution is 2.33. The molecule has 0 saturated carbocycles. The standard InChI is InChI=1S/C17H32N2O3.H2S/c1-13(2)19-12-17(22-15(5)16(19)20)6-8-18(9-7-17)10-11-21-14(3)4;/h13-15H,6-12H2,1-5H3;1H2/t15-;/m0./s1. The van der Waals surface area contributed by atoms with Gasteiger partial charge in [-0.05, 0) is 47.5 Å². The maximum absolute atomic E-state index is 12.2. The normalized spacial score (nSPS) is 25.3. The van der Waals surface area contributed by atoms with Crippen LogP contribution >= 0.6 is 13.5 Å². The highest BCUT2D eigenvalue weighted by molar-refractivity contribution is 7.59. The number of ether oxygens (including phenoxy) is 2. The summed E-state index contributed by atoms with van der Waals surface area (Å²) < 4.78 is 11.8. The van der Waals surface area contributed by atoms with Gasteiger partial charge in [-0.25, -0.2) is 0 Å². The van der Waals surface area contributed by atoms with Gasteiger partial charge >= 0.3 is 0 Å². The average molecular weight is 347 g/mol. The molecule has 2 aliphatic heterocycles. The summed E-state index contributed by atoms with van der Waals surface area (Å²) in [6.07, 6.45) is 1.97. The van der Waals surface area contributed by atoms with Crippen LogP contribution in [-0.4, -0.2) is 72.3 Å². The largest absolute Gasteiger partial charge is 0.377 e. The molecule has 0 bridgehead atoms. The van der Waals surface area contributed by atoms with Gasteiger partial charge < -0.3 is 19.3 Å². The van der Waals surface area contributed by atoms with Crippen molar-refractivity contribution in [2.45, 2.75) is 71.3 Å². The van der Waals surface area contributed by atoms with Crippen LogP contribution in [0.15, 0.2) is 0 Å². The Morgan fingerprint density at radius 2 is 1.87 bits per heavy atom. The number of amides is 1. The lowest BCUT2D eigenvalue weighted by Gasteiger charge is -2.50. The summed E-state index contributed by atoms with van der Waals surface area (Å²) in [5.74, 6) is 0.133. The highest BCUT2D eigenvalue weighted by atomic mass is 32.1. The van der Waals surface area contributed by atoms with E-state index in [4.69, 9.17) is 9.47 Å². The first kappa shape index (κ1) is 20.7. The maximum atomic E-state index is 12.2. The van der Waals surface area contributed by atoms with Crippen LogP contribution in [0.25, 0.3) is 0 Å². The number of carbonyl (C=O) groups is 1. The Labute approximate surface area is 148 Å². The summed E-state index contributed by atoms with van der Waals surface area (Å²) in [7, 11) is 0. The van der Waals surface area contributed by atoms with Crippen LogP contribution in [0.5, 0.6) is 0 Å². The third-order valence-electron chi connectivity index (χ3n) is 4.77. The molecule has 0 aromatic heterocycles. The second-order valence-electron chi connectivity index (χ2n) is 7.26. The Morgan fingerprint density at radius 1 is 1.26 bits per heavy atom. The Morgan fingerprint density at radius 3 is 2.39 bits per heavy atom. The van der Waals surface area contributed by atoms with Crippen molar-refractivity contribution in [2.24, 2.45) is 0 Å². The van der Waals surface area contributed by atoms with Gasteiger partial charge in [0.1, 0.15) is 6.10 Å². The molecule has 2 aliphatic rings. The van der Waals surface area contributed by atoms with Crippen molar-refractivity contribution < 1.29 is 14.3 Å². The van der Waals surface area contributed by atoms with Crippen molar-refractivity contribution in [1.82, 2.24) is 9.80 Å². The van der Waals surface area contributed by atoms with Crippen LogP contribution < -0.4 is 0 Å². The lowest BCUT2D eigenvalue weighted by atomic mass is 9.88. The van der Waals surface area contributed by atoms with Crippen molar-refractivity contribution in [3.8, 4) is 0 Å². The minimum Gasteiger partial charge on any atom is -0.377 e. The first-order valence-electron chi connectivity index (χ1n) is 8.65. The first-order valence-corrected chi connectivity index (χ1v) is 8.65. The van der Waals surface area contributed by atoms with Crippen LogP contribution in [0, 0.1) is 0 Å². The number of piperidine rings is 1. The van der Waals surface area contributed by atoms with Crippen molar-refractivity contribution >= 4 is 19.4 Å². The number of carbonyl (C=O) groups excluding carboxylic acids is 1. The SMILES string of the molecule is CC(C)OCCN1CCC2(CC1)CN(C(C)C)C(=O)[C@H](C)O2.S. The summed E-state index contributed by atoms with van der Waals surface area (Å²) in [5, 5.41) is 0. The molecule has 0 aromatic rings. The fourth-order valence-corrected chi connectivity index (χ4v) is 3.40. The molecule has 136 valence electrons. The van der Waals surface area contributed by atoms with E-state index >= 15 is 0 Å². The highest BCUT2D eigenvalue weighted by Gasteiger charge is 2.45. The van der Waals surface area contributed by atoms with E-state index < -0.39 is 0 Å². The molecule has 23 heavy (non-hydrogen) atoms. The number of hydrogen-bond donors (Lipinski definition) is 0. The van der Waals surface area contributed by atoms with Gasteiger partial charge in [-0.1, -0.05) is 0 Å². The lowest BCUT2D eigenvalue weighted by molar-refractivity contribution is -0.193. The molecule has 2 saturated heterocycles. The fraction of sp³-hybridized carbons (Fsp3) is 0.941. The predicted molar refractivity (Wildman–Crippen MR) is 97.3 cm³/mol. The molecule has 0 N–H and O–H groups in total. The second-order valence-corrected chi connectivity index (χ2v) is 7.26. The smallest absolute Gasteiger partial charge is 0.251 e. The summed E-state index contributed by atoms with van der Waals surface area (Å²) in [6, 6.07) is 0.244. The molecule has 0 aromatic carbocycles. The number of nitrogens with zero attached hydrogens (tertiary/aromatic N) is 2.